The Bertz CT molecular complexity index is 788. The van der Waals surface area contributed by atoms with Gasteiger partial charge in [-0.3, -0.25) is 0 Å². The van der Waals surface area contributed by atoms with Gasteiger partial charge in [0.1, 0.15) is 12.4 Å². The van der Waals surface area contributed by atoms with Crippen molar-refractivity contribution in [3.8, 4) is 11.5 Å². The van der Waals surface area contributed by atoms with Crippen molar-refractivity contribution in [2.24, 2.45) is 0 Å². The van der Waals surface area contributed by atoms with E-state index in [1.165, 1.54) is 0 Å². The molecule has 1 N–H and O–H groups in total. The van der Waals surface area contributed by atoms with Gasteiger partial charge in [-0.2, -0.15) is 0 Å². The summed E-state index contributed by atoms with van der Waals surface area (Å²) in [6, 6.07) is 17.8. The lowest BCUT2D eigenvalue weighted by atomic mass is 10.2. The number of furan rings is 1. The SMILES string of the molecule is COc1cc(CNCc2ccco2)c(Br)cc1OCc1ccccc1. The zero-order chi connectivity index (χ0) is 17.5. The van der Waals surface area contributed by atoms with Gasteiger partial charge in [-0.1, -0.05) is 46.3 Å². The molecule has 0 saturated carbocycles. The van der Waals surface area contributed by atoms with Gasteiger partial charge in [0.25, 0.3) is 0 Å². The number of benzene rings is 2. The minimum Gasteiger partial charge on any atom is -0.493 e. The van der Waals surface area contributed by atoms with E-state index in [-0.39, 0.29) is 0 Å². The largest absolute Gasteiger partial charge is 0.493 e. The van der Waals surface area contributed by atoms with Crippen molar-refractivity contribution in [1.82, 2.24) is 5.32 Å². The minimum atomic E-state index is 0.500. The van der Waals surface area contributed by atoms with E-state index < -0.39 is 0 Å². The molecule has 4 nitrogen and oxygen atoms in total. The third-order valence-electron chi connectivity index (χ3n) is 3.76. The highest BCUT2D eigenvalue weighted by Gasteiger charge is 2.11. The Kier molecular flexibility index (Phi) is 6.14. The second-order valence-electron chi connectivity index (χ2n) is 5.55. The fraction of sp³-hybridized carbons (Fsp3) is 0.200. The van der Waals surface area contributed by atoms with Crippen LogP contribution in [0.5, 0.6) is 11.5 Å². The first-order valence-electron chi connectivity index (χ1n) is 8.02. The Hall–Kier alpha value is -2.24. The van der Waals surface area contributed by atoms with Crippen LogP contribution in [0, 0.1) is 0 Å². The quantitative estimate of drug-likeness (QED) is 0.581. The summed E-state index contributed by atoms with van der Waals surface area (Å²) < 4.78 is 17.7. The van der Waals surface area contributed by atoms with Gasteiger partial charge in [0.2, 0.25) is 0 Å². The van der Waals surface area contributed by atoms with Crippen LogP contribution in [0.15, 0.2) is 69.8 Å². The second-order valence-corrected chi connectivity index (χ2v) is 6.41. The summed E-state index contributed by atoms with van der Waals surface area (Å²) in [7, 11) is 1.65. The van der Waals surface area contributed by atoms with Gasteiger partial charge in [-0.05, 0) is 35.4 Å². The van der Waals surface area contributed by atoms with Crippen LogP contribution in [0.2, 0.25) is 0 Å². The molecule has 0 unspecified atom stereocenters. The first-order valence-corrected chi connectivity index (χ1v) is 8.82. The zero-order valence-corrected chi connectivity index (χ0v) is 15.6. The molecule has 2 aromatic carbocycles. The van der Waals surface area contributed by atoms with E-state index in [0.29, 0.717) is 31.2 Å². The first-order chi connectivity index (χ1) is 12.3. The maximum Gasteiger partial charge on any atom is 0.162 e. The average molecular weight is 402 g/mol. The van der Waals surface area contributed by atoms with Crippen molar-refractivity contribution in [3.63, 3.8) is 0 Å². The van der Waals surface area contributed by atoms with Crippen molar-refractivity contribution in [1.29, 1.82) is 0 Å². The van der Waals surface area contributed by atoms with Gasteiger partial charge in [0.05, 0.1) is 19.9 Å². The summed E-state index contributed by atoms with van der Waals surface area (Å²) in [5.41, 5.74) is 2.21. The van der Waals surface area contributed by atoms with Gasteiger partial charge in [0, 0.05) is 11.0 Å². The Labute approximate surface area is 155 Å². The van der Waals surface area contributed by atoms with Crippen LogP contribution in [0.3, 0.4) is 0 Å². The molecular weight excluding hydrogens is 382 g/mol. The van der Waals surface area contributed by atoms with Crippen LogP contribution >= 0.6 is 15.9 Å². The van der Waals surface area contributed by atoms with E-state index in [4.69, 9.17) is 13.9 Å². The molecule has 3 rings (SSSR count). The molecule has 0 aliphatic rings. The van der Waals surface area contributed by atoms with E-state index in [1.807, 2.05) is 54.6 Å². The van der Waals surface area contributed by atoms with E-state index in [0.717, 1.165) is 21.4 Å². The smallest absolute Gasteiger partial charge is 0.162 e. The Morgan fingerprint density at radius 2 is 1.84 bits per heavy atom. The highest BCUT2D eigenvalue weighted by atomic mass is 79.9. The predicted octanol–water partition coefficient (Wildman–Crippen LogP) is 4.92. The van der Waals surface area contributed by atoms with Gasteiger partial charge >= 0.3 is 0 Å². The molecule has 0 amide bonds. The standard InChI is InChI=1S/C20H20BrNO3/c1-23-19-10-16(12-22-13-17-8-5-9-24-17)18(21)11-20(19)25-14-15-6-3-2-4-7-15/h2-11,22H,12-14H2,1H3. The molecule has 5 heteroatoms. The van der Waals surface area contributed by atoms with E-state index in [2.05, 4.69) is 21.2 Å². The van der Waals surface area contributed by atoms with Crippen LogP contribution in [-0.2, 0) is 19.7 Å². The maximum atomic E-state index is 5.92. The summed E-state index contributed by atoms with van der Waals surface area (Å²) in [6.07, 6.45) is 1.68. The topological polar surface area (TPSA) is 43.6 Å². The summed E-state index contributed by atoms with van der Waals surface area (Å²) in [6.45, 7) is 1.87. The molecule has 0 spiro atoms. The highest BCUT2D eigenvalue weighted by molar-refractivity contribution is 9.10. The zero-order valence-electron chi connectivity index (χ0n) is 14.0. The number of methoxy groups -OCH3 is 1. The molecule has 1 heterocycles. The van der Waals surface area contributed by atoms with Gasteiger partial charge in [-0.25, -0.2) is 0 Å². The summed E-state index contributed by atoms with van der Waals surface area (Å²) in [5.74, 6) is 2.34. The molecule has 0 fully saturated rings. The van der Waals surface area contributed by atoms with Crippen LogP contribution in [-0.4, -0.2) is 7.11 Å². The van der Waals surface area contributed by atoms with E-state index in [9.17, 15) is 0 Å². The van der Waals surface area contributed by atoms with Gasteiger partial charge < -0.3 is 19.2 Å². The number of ether oxygens (including phenoxy) is 2. The molecule has 0 atom stereocenters. The summed E-state index contributed by atoms with van der Waals surface area (Å²) in [5, 5.41) is 3.35. The molecule has 3 aromatic rings. The molecular formula is C20H20BrNO3. The molecule has 0 bridgehead atoms. The van der Waals surface area contributed by atoms with Crippen molar-refractivity contribution >= 4 is 15.9 Å². The van der Waals surface area contributed by atoms with Crippen molar-refractivity contribution in [2.45, 2.75) is 19.7 Å². The maximum absolute atomic E-state index is 5.92. The Morgan fingerprint density at radius 1 is 1.00 bits per heavy atom. The lowest BCUT2D eigenvalue weighted by Gasteiger charge is -2.14. The van der Waals surface area contributed by atoms with Crippen molar-refractivity contribution in [3.05, 3.63) is 82.2 Å². The minimum absolute atomic E-state index is 0.500. The van der Waals surface area contributed by atoms with Crippen LogP contribution < -0.4 is 14.8 Å². The Balaban J connectivity index is 1.65. The van der Waals surface area contributed by atoms with Crippen molar-refractivity contribution < 1.29 is 13.9 Å². The number of nitrogens with one attached hydrogen (secondary N) is 1. The normalized spacial score (nSPS) is 10.6. The predicted molar refractivity (Wildman–Crippen MR) is 101 cm³/mol. The number of hydrogen-bond donors (Lipinski definition) is 1. The number of halogens is 1. The molecule has 0 radical (unpaired) electrons. The first kappa shape index (κ1) is 17.6. The van der Waals surface area contributed by atoms with Crippen LogP contribution in [0.4, 0.5) is 0 Å². The third kappa shape index (κ3) is 4.87. The molecule has 0 aliphatic carbocycles. The van der Waals surface area contributed by atoms with Crippen molar-refractivity contribution in [2.75, 3.05) is 7.11 Å². The highest BCUT2D eigenvalue weighted by Crippen LogP contribution is 2.34. The monoisotopic (exact) mass is 401 g/mol. The fourth-order valence-electron chi connectivity index (χ4n) is 2.45. The molecule has 130 valence electrons. The number of rotatable bonds is 8. The third-order valence-corrected chi connectivity index (χ3v) is 4.50. The van der Waals surface area contributed by atoms with Gasteiger partial charge in [0.15, 0.2) is 11.5 Å². The molecule has 0 saturated heterocycles. The van der Waals surface area contributed by atoms with Gasteiger partial charge in [-0.15, -0.1) is 0 Å². The summed E-state index contributed by atoms with van der Waals surface area (Å²) in [4.78, 5) is 0. The molecule has 0 aliphatic heterocycles. The molecule has 25 heavy (non-hydrogen) atoms. The number of hydrogen-bond acceptors (Lipinski definition) is 4. The Morgan fingerprint density at radius 3 is 2.56 bits per heavy atom. The molecule has 1 aromatic heterocycles. The lowest BCUT2D eigenvalue weighted by molar-refractivity contribution is 0.284. The second kappa shape index (κ2) is 8.74. The average Bonchev–Trinajstić information content (AvgIpc) is 3.15. The van der Waals surface area contributed by atoms with E-state index in [1.54, 1.807) is 13.4 Å². The van der Waals surface area contributed by atoms with E-state index >= 15 is 0 Å². The van der Waals surface area contributed by atoms with Crippen LogP contribution in [0.25, 0.3) is 0 Å². The summed E-state index contributed by atoms with van der Waals surface area (Å²) >= 11 is 3.62. The fourth-order valence-corrected chi connectivity index (χ4v) is 2.92. The van der Waals surface area contributed by atoms with Crippen LogP contribution in [0.1, 0.15) is 16.9 Å². The lowest BCUT2D eigenvalue weighted by Crippen LogP contribution is -2.12.